The molecule has 0 radical (unpaired) electrons. The molecule has 0 bridgehead atoms. The highest BCUT2D eigenvalue weighted by atomic mass is 16.6. The SMILES string of the molecule is O=C(CCNc1ccncc1[N+](=O)[O-])NC1CC1. The molecule has 0 spiro atoms. The Hall–Kier alpha value is -2.18. The van der Waals surface area contributed by atoms with Crippen molar-refractivity contribution in [3.05, 3.63) is 28.6 Å². The molecule has 1 saturated carbocycles. The molecule has 0 aromatic carbocycles. The predicted octanol–water partition coefficient (Wildman–Crippen LogP) is 1.07. The first-order valence-electron chi connectivity index (χ1n) is 5.78. The zero-order chi connectivity index (χ0) is 13.0. The lowest BCUT2D eigenvalue weighted by Gasteiger charge is -2.06. The Balaban J connectivity index is 1.82. The first-order chi connectivity index (χ1) is 8.66. The number of carbonyl (C=O) groups excluding carboxylic acids is 1. The molecule has 1 aliphatic rings. The molecule has 1 heterocycles. The Bertz CT molecular complexity index is 459. The molecule has 0 aliphatic heterocycles. The van der Waals surface area contributed by atoms with Crippen LogP contribution in [0.5, 0.6) is 0 Å². The second-order valence-corrected chi connectivity index (χ2v) is 4.17. The first kappa shape index (κ1) is 12.3. The number of anilines is 1. The van der Waals surface area contributed by atoms with Gasteiger partial charge in [-0.3, -0.25) is 19.9 Å². The highest BCUT2D eigenvalue weighted by Crippen LogP contribution is 2.21. The summed E-state index contributed by atoms with van der Waals surface area (Å²) < 4.78 is 0. The molecule has 2 rings (SSSR count). The summed E-state index contributed by atoms with van der Waals surface area (Å²) in [5.41, 5.74) is 0.300. The fourth-order valence-electron chi connectivity index (χ4n) is 1.52. The zero-order valence-electron chi connectivity index (χ0n) is 9.76. The van der Waals surface area contributed by atoms with Gasteiger partial charge in [-0.05, 0) is 18.9 Å². The molecule has 2 N–H and O–H groups in total. The number of nitrogens with zero attached hydrogens (tertiary/aromatic N) is 2. The van der Waals surface area contributed by atoms with Crippen LogP contribution in [0.25, 0.3) is 0 Å². The average molecular weight is 250 g/mol. The molecule has 18 heavy (non-hydrogen) atoms. The van der Waals surface area contributed by atoms with Crippen molar-refractivity contribution in [2.75, 3.05) is 11.9 Å². The maximum Gasteiger partial charge on any atom is 0.310 e. The third-order valence-corrected chi connectivity index (χ3v) is 2.61. The molecule has 0 saturated heterocycles. The summed E-state index contributed by atoms with van der Waals surface area (Å²) in [7, 11) is 0. The van der Waals surface area contributed by atoms with E-state index in [2.05, 4.69) is 15.6 Å². The van der Waals surface area contributed by atoms with Gasteiger partial charge >= 0.3 is 5.69 Å². The van der Waals surface area contributed by atoms with Gasteiger partial charge in [-0.15, -0.1) is 0 Å². The lowest BCUT2D eigenvalue weighted by molar-refractivity contribution is -0.384. The van der Waals surface area contributed by atoms with Crippen LogP contribution < -0.4 is 10.6 Å². The molecular weight excluding hydrogens is 236 g/mol. The van der Waals surface area contributed by atoms with Crippen LogP contribution >= 0.6 is 0 Å². The third kappa shape index (κ3) is 3.41. The number of rotatable bonds is 6. The molecule has 7 nitrogen and oxygen atoms in total. The summed E-state index contributed by atoms with van der Waals surface area (Å²) in [5, 5.41) is 16.4. The summed E-state index contributed by atoms with van der Waals surface area (Å²) >= 11 is 0. The first-order valence-corrected chi connectivity index (χ1v) is 5.78. The summed E-state index contributed by atoms with van der Waals surface area (Å²) in [6.45, 7) is 0.364. The Kier molecular flexibility index (Phi) is 3.71. The standard InChI is InChI=1S/C11H14N4O3/c16-11(14-8-1-2-8)4-6-13-9-3-5-12-7-10(9)15(17)18/h3,5,7-8H,1-2,4,6H2,(H,12,13)(H,14,16). The van der Waals surface area contributed by atoms with Gasteiger partial charge in [-0.1, -0.05) is 0 Å². The van der Waals surface area contributed by atoms with Gasteiger partial charge in [-0.2, -0.15) is 0 Å². The molecule has 1 aliphatic carbocycles. The molecule has 1 fully saturated rings. The van der Waals surface area contributed by atoms with Gasteiger partial charge in [0.05, 0.1) is 4.92 Å². The highest BCUT2D eigenvalue weighted by molar-refractivity contribution is 5.77. The van der Waals surface area contributed by atoms with Crippen molar-refractivity contribution in [2.24, 2.45) is 0 Å². The molecule has 0 unspecified atom stereocenters. The summed E-state index contributed by atoms with van der Waals surface area (Å²) in [6.07, 6.45) is 5.06. The number of hydrogen-bond donors (Lipinski definition) is 2. The number of amides is 1. The molecule has 7 heteroatoms. The van der Waals surface area contributed by atoms with Gasteiger partial charge in [0, 0.05) is 25.2 Å². The number of nitrogens with one attached hydrogen (secondary N) is 2. The smallest absolute Gasteiger partial charge is 0.310 e. The molecule has 1 aromatic rings. The van der Waals surface area contributed by atoms with E-state index >= 15 is 0 Å². The number of carbonyl (C=O) groups is 1. The van der Waals surface area contributed by atoms with Crippen molar-refractivity contribution >= 4 is 17.3 Å². The second-order valence-electron chi connectivity index (χ2n) is 4.17. The van der Waals surface area contributed by atoms with Gasteiger partial charge in [-0.25, -0.2) is 0 Å². The molecule has 0 atom stereocenters. The second kappa shape index (κ2) is 5.44. The third-order valence-electron chi connectivity index (χ3n) is 2.61. The van der Waals surface area contributed by atoms with Gasteiger partial charge in [0.1, 0.15) is 11.9 Å². The average Bonchev–Trinajstić information content (AvgIpc) is 3.13. The largest absolute Gasteiger partial charge is 0.379 e. The van der Waals surface area contributed by atoms with Gasteiger partial charge in [0.2, 0.25) is 5.91 Å². The van der Waals surface area contributed by atoms with Crippen molar-refractivity contribution in [2.45, 2.75) is 25.3 Å². The Labute approximate surface area is 104 Å². The van der Waals surface area contributed by atoms with Crippen LogP contribution in [0.3, 0.4) is 0 Å². The van der Waals surface area contributed by atoms with E-state index < -0.39 is 4.92 Å². The molecule has 1 amide bonds. The van der Waals surface area contributed by atoms with Gasteiger partial charge in [0.15, 0.2) is 0 Å². The van der Waals surface area contributed by atoms with E-state index in [1.54, 1.807) is 0 Å². The van der Waals surface area contributed by atoms with Gasteiger partial charge in [0.25, 0.3) is 0 Å². The number of nitro groups is 1. The van der Waals surface area contributed by atoms with Crippen molar-refractivity contribution in [3.63, 3.8) is 0 Å². The Morgan fingerprint density at radius 3 is 3.00 bits per heavy atom. The molecule has 96 valence electrons. The maximum absolute atomic E-state index is 11.4. The van der Waals surface area contributed by atoms with Crippen LogP contribution in [0.2, 0.25) is 0 Å². The number of aromatic nitrogens is 1. The maximum atomic E-state index is 11.4. The minimum absolute atomic E-state index is 0.0262. The van der Waals surface area contributed by atoms with Crippen LogP contribution in [0.15, 0.2) is 18.5 Å². The normalized spacial score (nSPS) is 14.0. The van der Waals surface area contributed by atoms with Gasteiger partial charge < -0.3 is 10.6 Å². The molecular formula is C11H14N4O3. The minimum Gasteiger partial charge on any atom is -0.379 e. The fraction of sp³-hybridized carbons (Fsp3) is 0.455. The van der Waals surface area contributed by atoms with Crippen molar-refractivity contribution in [1.82, 2.24) is 10.3 Å². The quantitative estimate of drug-likeness (QED) is 0.581. The van der Waals surface area contributed by atoms with Crippen LogP contribution in [0.1, 0.15) is 19.3 Å². The predicted molar refractivity (Wildman–Crippen MR) is 65.2 cm³/mol. The van der Waals surface area contributed by atoms with E-state index in [9.17, 15) is 14.9 Å². The van der Waals surface area contributed by atoms with E-state index in [1.807, 2.05) is 0 Å². The summed E-state index contributed by atoms with van der Waals surface area (Å²) in [5.74, 6) is -0.0262. The van der Waals surface area contributed by atoms with Crippen molar-refractivity contribution < 1.29 is 9.72 Å². The molecule has 1 aromatic heterocycles. The summed E-state index contributed by atoms with van der Waals surface area (Å²) in [6, 6.07) is 1.87. The Morgan fingerprint density at radius 2 is 2.33 bits per heavy atom. The zero-order valence-corrected chi connectivity index (χ0v) is 9.76. The van der Waals surface area contributed by atoms with Crippen LogP contribution in [0, 0.1) is 10.1 Å². The topological polar surface area (TPSA) is 97.2 Å². The van der Waals surface area contributed by atoms with E-state index in [1.165, 1.54) is 18.5 Å². The highest BCUT2D eigenvalue weighted by Gasteiger charge is 2.22. The van der Waals surface area contributed by atoms with E-state index in [4.69, 9.17) is 0 Å². The van der Waals surface area contributed by atoms with E-state index in [0.717, 1.165) is 12.8 Å². The van der Waals surface area contributed by atoms with Crippen LogP contribution in [-0.2, 0) is 4.79 Å². The lowest BCUT2D eigenvalue weighted by Crippen LogP contribution is -2.27. The van der Waals surface area contributed by atoms with Crippen molar-refractivity contribution in [3.8, 4) is 0 Å². The lowest BCUT2D eigenvalue weighted by atomic mass is 10.3. The van der Waals surface area contributed by atoms with E-state index in [-0.39, 0.29) is 11.6 Å². The van der Waals surface area contributed by atoms with E-state index in [0.29, 0.717) is 24.7 Å². The monoisotopic (exact) mass is 250 g/mol. The number of pyridine rings is 1. The minimum atomic E-state index is -0.500. The number of hydrogen-bond acceptors (Lipinski definition) is 5. The Morgan fingerprint density at radius 1 is 1.56 bits per heavy atom. The summed E-state index contributed by atoms with van der Waals surface area (Å²) in [4.78, 5) is 25.3. The van der Waals surface area contributed by atoms with Crippen LogP contribution in [0.4, 0.5) is 11.4 Å². The fourth-order valence-corrected chi connectivity index (χ4v) is 1.52. The van der Waals surface area contributed by atoms with Crippen molar-refractivity contribution in [1.29, 1.82) is 0 Å². The van der Waals surface area contributed by atoms with Crippen LogP contribution in [-0.4, -0.2) is 28.4 Å².